The lowest BCUT2D eigenvalue weighted by Gasteiger charge is -2.26. The minimum atomic E-state index is -5.09. The van der Waals surface area contributed by atoms with Crippen LogP contribution in [0.4, 0.5) is 27.6 Å². The molecule has 1 aliphatic carbocycles. The lowest BCUT2D eigenvalue weighted by atomic mass is 9.81. The molecule has 0 saturated heterocycles. The van der Waals surface area contributed by atoms with E-state index in [-0.39, 0.29) is 17.0 Å². The van der Waals surface area contributed by atoms with Crippen LogP contribution in [0.3, 0.4) is 0 Å². The van der Waals surface area contributed by atoms with Gasteiger partial charge in [-0.05, 0) is 42.7 Å². The summed E-state index contributed by atoms with van der Waals surface area (Å²) in [6, 6.07) is 0.136. The number of aromatic amines is 1. The van der Waals surface area contributed by atoms with E-state index in [9.17, 15) is 30.4 Å². The molecule has 1 unspecified atom stereocenters. The Bertz CT molecular complexity index is 996. The molecule has 0 radical (unpaired) electrons. The Labute approximate surface area is 159 Å². The average Bonchev–Trinajstić information content (AvgIpc) is 3.00. The Morgan fingerprint density at radius 2 is 1.86 bits per heavy atom. The van der Waals surface area contributed by atoms with Gasteiger partial charge in [0.15, 0.2) is 0 Å². The first-order valence-electron chi connectivity index (χ1n) is 8.68. The highest BCUT2D eigenvalue weighted by Gasteiger charge is 2.36. The minimum Gasteiger partial charge on any atom is -0.363 e. The third-order valence-corrected chi connectivity index (χ3v) is 6.54. The molecular formula is C18H19F5N2O2S. The Kier molecular flexibility index (Phi) is 5.20. The number of halogens is 5. The van der Waals surface area contributed by atoms with Gasteiger partial charge < -0.3 is 4.98 Å². The van der Waals surface area contributed by atoms with E-state index in [1.54, 1.807) is 0 Å². The lowest BCUT2D eigenvalue weighted by molar-refractivity contribution is -0.140. The molecule has 2 aromatic rings. The summed E-state index contributed by atoms with van der Waals surface area (Å²) in [6.45, 7) is 4.17. The van der Waals surface area contributed by atoms with E-state index in [1.807, 2.05) is 4.72 Å². The fourth-order valence-corrected chi connectivity index (χ4v) is 4.80. The lowest BCUT2D eigenvalue weighted by Crippen LogP contribution is -2.21. The van der Waals surface area contributed by atoms with Crippen LogP contribution in [0.25, 0.3) is 0 Å². The van der Waals surface area contributed by atoms with Crippen LogP contribution in [0.5, 0.6) is 0 Å². The van der Waals surface area contributed by atoms with Gasteiger partial charge in [-0.15, -0.1) is 0 Å². The first-order chi connectivity index (χ1) is 12.9. The molecular weight excluding hydrogens is 403 g/mol. The zero-order valence-electron chi connectivity index (χ0n) is 15.1. The molecule has 0 amide bonds. The van der Waals surface area contributed by atoms with E-state index >= 15 is 0 Å². The van der Waals surface area contributed by atoms with E-state index in [0.717, 1.165) is 12.1 Å². The molecule has 1 aliphatic rings. The summed E-state index contributed by atoms with van der Waals surface area (Å²) >= 11 is 0. The van der Waals surface area contributed by atoms with Crippen LogP contribution in [-0.2, 0) is 29.0 Å². The number of nitrogens with one attached hydrogen (secondary N) is 2. The van der Waals surface area contributed by atoms with Crippen molar-refractivity contribution in [1.29, 1.82) is 0 Å². The second-order valence-electron chi connectivity index (χ2n) is 7.27. The molecule has 0 spiro atoms. The Hall–Kier alpha value is -2.10. The van der Waals surface area contributed by atoms with Gasteiger partial charge in [-0.1, -0.05) is 13.8 Å². The predicted molar refractivity (Wildman–Crippen MR) is 93.3 cm³/mol. The monoisotopic (exact) mass is 422 g/mol. The SMILES string of the molecule is CC(C)C1CCc2c(S(=O)(=O)Nc3cc(F)c(C(F)(F)F)cc3F)c[nH]c2C1. The van der Waals surface area contributed by atoms with Crippen LogP contribution >= 0.6 is 0 Å². The Balaban J connectivity index is 1.91. The van der Waals surface area contributed by atoms with Crippen molar-refractivity contribution < 1.29 is 30.4 Å². The summed E-state index contributed by atoms with van der Waals surface area (Å²) in [6.07, 6.45) is -1.86. The molecule has 3 rings (SSSR count). The highest BCUT2D eigenvalue weighted by atomic mass is 32.2. The maximum absolute atomic E-state index is 14.0. The zero-order chi connectivity index (χ0) is 20.9. The fourth-order valence-electron chi connectivity index (χ4n) is 3.48. The number of rotatable bonds is 4. The molecule has 0 bridgehead atoms. The van der Waals surface area contributed by atoms with Crippen LogP contribution < -0.4 is 4.72 Å². The second kappa shape index (κ2) is 7.06. The van der Waals surface area contributed by atoms with Crippen molar-refractivity contribution >= 4 is 15.7 Å². The quantitative estimate of drug-likeness (QED) is 0.691. The zero-order valence-corrected chi connectivity index (χ0v) is 15.9. The van der Waals surface area contributed by atoms with Gasteiger partial charge in [-0.25, -0.2) is 17.2 Å². The van der Waals surface area contributed by atoms with E-state index in [4.69, 9.17) is 0 Å². The number of fused-ring (bicyclic) bond motifs is 1. The molecule has 154 valence electrons. The summed E-state index contributed by atoms with van der Waals surface area (Å²) in [7, 11) is -4.31. The van der Waals surface area contributed by atoms with E-state index in [1.165, 1.54) is 6.20 Å². The van der Waals surface area contributed by atoms with Crippen LogP contribution in [0.15, 0.2) is 23.2 Å². The Morgan fingerprint density at radius 3 is 2.46 bits per heavy atom. The van der Waals surface area contributed by atoms with Crippen LogP contribution in [-0.4, -0.2) is 13.4 Å². The number of alkyl halides is 3. The highest BCUT2D eigenvalue weighted by molar-refractivity contribution is 7.92. The van der Waals surface area contributed by atoms with Crippen LogP contribution in [0.1, 0.15) is 37.1 Å². The van der Waals surface area contributed by atoms with Crippen molar-refractivity contribution in [1.82, 2.24) is 4.98 Å². The number of H-pyrrole nitrogens is 1. The molecule has 0 fully saturated rings. The largest absolute Gasteiger partial charge is 0.419 e. The van der Waals surface area contributed by atoms with Crippen molar-refractivity contribution in [2.24, 2.45) is 11.8 Å². The first kappa shape index (κ1) is 20.6. The summed E-state index contributed by atoms with van der Waals surface area (Å²) in [4.78, 5) is 2.82. The molecule has 28 heavy (non-hydrogen) atoms. The minimum absolute atomic E-state index is 0.0625. The van der Waals surface area contributed by atoms with Crippen molar-refractivity contribution in [3.63, 3.8) is 0 Å². The number of hydrogen-bond acceptors (Lipinski definition) is 2. The van der Waals surface area contributed by atoms with Gasteiger partial charge in [0, 0.05) is 18.0 Å². The molecule has 1 heterocycles. The van der Waals surface area contributed by atoms with Gasteiger partial charge in [-0.2, -0.15) is 13.2 Å². The fraction of sp³-hybridized carbons (Fsp3) is 0.444. The first-order valence-corrected chi connectivity index (χ1v) is 10.2. The van der Waals surface area contributed by atoms with Gasteiger partial charge in [0.05, 0.1) is 11.3 Å². The molecule has 1 aromatic carbocycles. The van der Waals surface area contributed by atoms with E-state index < -0.39 is 39.1 Å². The molecule has 1 atom stereocenters. The standard InChI is InChI=1S/C18H19F5N2O2S/c1-9(2)10-3-4-11-15(5-10)24-8-17(11)28(26,27)25-16-7-13(19)12(6-14(16)20)18(21,22)23/h6-10,24-25H,3-5H2,1-2H3. The van der Waals surface area contributed by atoms with Crippen molar-refractivity contribution in [3.8, 4) is 0 Å². The topological polar surface area (TPSA) is 62.0 Å². The van der Waals surface area contributed by atoms with Crippen LogP contribution in [0.2, 0.25) is 0 Å². The van der Waals surface area contributed by atoms with Crippen molar-refractivity contribution in [2.45, 2.75) is 44.2 Å². The molecule has 4 nitrogen and oxygen atoms in total. The maximum atomic E-state index is 14.0. The molecule has 0 saturated carbocycles. The number of sulfonamides is 1. The second-order valence-corrected chi connectivity index (χ2v) is 8.92. The van der Waals surface area contributed by atoms with Gasteiger partial charge in [0.25, 0.3) is 10.0 Å². The summed E-state index contributed by atoms with van der Waals surface area (Å²) in [5.74, 6) is -2.45. The summed E-state index contributed by atoms with van der Waals surface area (Å²) in [5.41, 5.74) is -1.34. The van der Waals surface area contributed by atoms with E-state index in [2.05, 4.69) is 18.8 Å². The van der Waals surface area contributed by atoms with Crippen LogP contribution in [0, 0.1) is 23.5 Å². The van der Waals surface area contributed by atoms with Gasteiger partial charge in [-0.3, -0.25) is 4.72 Å². The maximum Gasteiger partial charge on any atom is 0.419 e. The van der Waals surface area contributed by atoms with Gasteiger partial charge in [0.1, 0.15) is 16.5 Å². The van der Waals surface area contributed by atoms with E-state index in [0.29, 0.717) is 30.2 Å². The molecule has 0 aliphatic heterocycles. The van der Waals surface area contributed by atoms with Gasteiger partial charge in [0.2, 0.25) is 0 Å². The van der Waals surface area contributed by atoms with Crippen molar-refractivity contribution in [2.75, 3.05) is 4.72 Å². The molecule has 2 N–H and O–H groups in total. The molecule has 10 heteroatoms. The molecule has 1 aromatic heterocycles. The number of hydrogen-bond donors (Lipinski definition) is 2. The smallest absolute Gasteiger partial charge is 0.363 e. The number of anilines is 1. The Morgan fingerprint density at radius 1 is 1.18 bits per heavy atom. The third-order valence-electron chi connectivity index (χ3n) is 5.11. The predicted octanol–water partition coefficient (Wildman–Crippen LogP) is 4.87. The third kappa shape index (κ3) is 3.87. The summed E-state index contributed by atoms with van der Waals surface area (Å²) < 4.78 is 92.8. The summed E-state index contributed by atoms with van der Waals surface area (Å²) in [5, 5.41) is 0. The number of benzene rings is 1. The number of aromatic nitrogens is 1. The van der Waals surface area contributed by atoms with Crippen molar-refractivity contribution in [3.05, 3.63) is 46.8 Å². The normalized spacial score (nSPS) is 17.6. The van der Waals surface area contributed by atoms with Gasteiger partial charge >= 0.3 is 6.18 Å². The highest BCUT2D eigenvalue weighted by Crippen LogP contribution is 2.36. The average molecular weight is 422 g/mol.